The van der Waals surface area contributed by atoms with E-state index >= 15 is 0 Å². The number of likely N-dealkylation sites (N-methyl/N-ethyl adjacent to an activating group) is 1. The SMILES string of the molecule is CNCC(O)C(O)c1ccc(F)c(C(=O)OC)c1. The predicted molar refractivity (Wildman–Crippen MR) is 62.6 cm³/mol. The van der Waals surface area contributed by atoms with E-state index in [-0.39, 0.29) is 17.7 Å². The maximum absolute atomic E-state index is 13.4. The van der Waals surface area contributed by atoms with E-state index in [0.717, 1.165) is 13.2 Å². The van der Waals surface area contributed by atoms with Crippen LogP contribution in [-0.4, -0.2) is 43.0 Å². The molecule has 0 saturated carbocycles. The predicted octanol–water partition coefficient (Wildman–Crippen LogP) is 0.226. The highest BCUT2D eigenvalue weighted by molar-refractivity contribution is 5.89. The van der Waals surface area contributed by atoms with Gasteiger partial charge in [0, 0.05) is 6.54 Å². The molecule has 0 radical (unpaired) electrons. The van der Waals surface area contributed by atoms with Crippen molar-refractivity contribution in [2.45, 2.75) is 12.2 Å². The van der Waals surface area contributed by atoms with Crippen molar-refractivity contribution in [3.8, 4) is 0 Å². The zero-order valence-corrected chi connectivity index (χ0v) is 10.2. The van der Waals surface area contributed by atoms with Gasteiger partial charge in [0.2, 0.25) is 0 Å². The Morgan fingerprint density at radius 1 is 1.50 bits per heavy atom. The largest absolute Gasteiger partial charge is 0.465 e. The lowest BCUT2D eigenvalue weighted by atomic mass is 10.0. The minimum absolute atomic E-state index is 0.173. The molecular formula is C12H16FNO4. The lowest BCUT2D eigenvalue weighted by molar-refractivity contribution is 0.0201. The second kappa shape index (κ2) is 6.44. The van der Waals surface area contributed by atoms with Crippen molar-refractivity contribution in [1.29, 1.82) is 0 Å². The Labute approximate surface area is 104 Å². The molecule has 6 heteroatoms. The number of ether oxygens (including phenoxy) is 1. The Balaban J connectivity index is 3.00. The van der Waals surface area contributed by atoms with Crippen molar-refractivity contribution in [3.05, 3.63) is 35.1 Å². The molecule has 3 N–H and O–H groups in total. The second-order valence-corrected chi connectivity index (χ2v) is 3.80. The van der Waals surface area contributed by atoms with Gasteiger partial charge in [-0.25, -0.2) is 9.18 Å². The number of hydrogen-bond donors (Lipinski definition) is 3. The minimum Gasteiger partial charge on any atom is -0.465 e. The standard InChI is InChI=1S/C12H16FNO4/c1-14-6-10(15)11(16)7-3-4-9(13)8(5-7)12(17)18-2/h3-5,10-11,14-16H,6H2,1-2H3. The van der Waals surface area contributed by atoms with Crippen molar-refractivity contribution < 1.29 is 24.1 Å². The molecule has 0 aliphatic carbocycles. The van der Waals surface area contributed by atoms with Crippen molar-refractivity contribution in [3.63, 3.8) is 0 Å². The van der Waals surface area contributed by atoms with Gasteiger partial charge >= 0.3 is 5.97 Å². The van der Waals surface area contributed by atoms with Gasteiger partial charge in [0.05, 0.1) is 18.8 Å². The molecule has 5 nitrogen and oxygen atoms in total. The van der Waals surface area contributed by atoms with Gasteiger partial charge in [-0.2, -0.15) is 0 Å². The van der Waals surface area contributed by atoms with Crippen LogP contribution < -0.4 is 5.32 Å². The van der Waals surface area contributed by atoms with E-state index in [4.69, 9.17) is 0 Å². The number of carbonyl (C=O) groups excluding carboxylic acids is 1. The second-order valence-electron chi connectivity index (χ2n) is 3.80. The highest BCUT2D eigenvalue weighted by Gasteiger charge is 2.21. The average Bonchev–Trinajstić information content (AvgIpc) is 2.38. The summed E-state index contributed by atoms with van der Waals surface area (Å²) in [6.45, 7) is 0.173. The van der Waals surface area contributed by atoms with E-state index in [1.165, 1.54) is 12.1 Å². The Hall–Kier alpha value is -1.50. The van der Waals surface area contributed by atoms with Crippen molar-refractivity contribution in [2.24, 2.45) is 0 Å². The molecule has 0 amide bonds. The summed E-state index contributed by atoms with van der Waals surface area (Å²) in [4.78, 5) is 11.3. The zero-order valence-electron chi connectivity index (χ0n) is 10.2. The average molecular weight is 257 g/mol. The third-order valence-corrected chi connectivity index (χ3v) is 2.51. The van der Waals surface area contributed by atoms with Crippen LogP contribution >= 0.6 is 0 Å². The molecule has 0 saturated heterocycles. The van der Waals surface area contributed by atoms with E-state index in [0.29, 0.717) is 0 Å². The first-order valence-corrected chi connectivity index (χ1v) is 5.39. The van der Waals surface area contributed by atoms with Crippen molar-refractivity contribution in [2.75, 3.05) is 20.7 Å². The van der Waals surface area contributed by atoms with Gasteiger partial charge < -0.3 is 20.3 Å². The zero-order chi connectivity index (χ0) is 13.7. The Bertz CT molecular complexity index is 425. The Morgan fingerprint density at radius 2 is 2.17 bits per heavy atom. The third-order valence-electron chi connectivity index (χ3n) is 2.51. The van der Waals surface area contributed by atoms with Gasteiger partial charge in [-0.3, -0.25) is 0 Å². The van der Waals surface area contributed by atoms with Crippen LogP contribution in [0.3, 0.4) is 0 Å². The highest BCUT2D eigenvalue weighted by atomic mass is 19.1. The van der Waals surface area contributed by atoms with Crippen LogP contribution in [0, 0.1) is 5.82 Å². The maximum Gasteiger partial charge on any atom is 0.340 e. The van der Waals surface area contributed by atoms with Gasteiger partial charge in [0.25, 0.3) is 0 Å². The molecule has 100 valence electrons. The van der Waals surface area contributed by atoms with E-state index in [2.05, 4.69) is 10.1 Å². The first-order valence-electron chi connectivity index (χ1n) is 5.39. The molecule has 0 aromatic heterocycles. The van der Waals surface area contributed by atoms with E-state index in [1.54, 1.807) is 7.05 Å². The number of halogens is 1. The van der Waals surface area contributed by atoms with E-state index in [1.807, 2.05) is 0 Å². The summed E-state index contributed by atoms with van der Waals surface area (Å²) in [5, 5.41) is 22.1. The summed E-state index contributed by atoms with van der Waals surface area (Å²) in [6.07, 6.45) is -2.26. The summed E-state index contributed by atoms with van der Waals surface area (Å²) in [7, 11) is 2.77. The van der Waals surface area contributed by atoms with Crippen LogP contribution in [0.15, 0.2) is 18.2 Å². The molecule has 1 aromatic rings. The topological polar surface area (TPSA) is 78.8 Å². The number of carbonyl (C=O) groups is 1. The number of aliphatic hydroxyl groups excluding tert-OH is 2. The van der Waals surface area contributed by atoms with Gasteiger partial charge in [0.1, 0.15) is 11.9 Å². The number of hydrogen-bond acceptors (Lipinski definition) is 5. The number of aliphatic hydroxyl groups is 2. The molecular weight excluding hydrogens is 241 g/mol. The lowest BCUT2D eigenvalue weighted by Gasteiger charge is -2.18. The first-order chi connectivity index (χ1) is 8.51. The summed E-state index contributed by atoms with van der Waals surface area (Å²) in [6, 6.07) is 3.53. The van der Waals surface area contributed by atoms with Gasteiger partial charge in [-0.05, 0) is 24.7 Å². The molecule has 1 rings (SSSR count). The summed E-state index contributed by atoms with van der Waals surface area (Å²) >= 11 is 0. The van der Waals surface area contributed by atoms with Crippen LogP contribution in [0.1, 0.15) is 22.0 Å². The molecule has 0 spiro atoms. The molecule has 0 heterocycles. The Morgan fingerprint density at radius 3 is 2.72 bits per heavy atom. The maximum atomic E-state index is 13.4. The molecule has 2 atom stereocenters. The molecule has 0 aliphatic rings. The minimum atomic E-state index is -1.21. The first kappa shape index (κ1) is 14.6. The molecule has 0 fully saturated rings. The molecule has 2 unspecified atom stereocenters. The fourth-order valence-electron chi connectivity index (χ4n) is 1.54. The molecule has 0 bridgehead atoms. The van der Waals surface area contributed by atoms with Crippen LogP contribution in [0.25, 0.3) is 0 Å². The molecule has 18 heavy (non-hydrogen) atoms. The van der Waals surface area contributed by atoms with Gasteiger partial charge in [-0.1, -0.05) is 6.07 Å². The number of nitrogens with one attached hydrogen (secondary N) is 1. The smallest absolute Gasteiger partial charge is 0.340 e. The molecule has 0 aliphatic heterocycles. The van der Waals surface area contributed by atoms with Crippen molar-refractivity contribution in [1.82, 2.24) is 5.32 Å². The van der Waals surface area contributed by atoms with E-state index < -0.39 is 24.0 Å². The quantitative estimate of drug-likeness (QED) is 0.658. The van der Waals surface area contributed by atoms with Crippen LogP contribution in [0.5, 0.6) is 0 Å². The Kier molecular flexibility index (Phi) is 5.21. The van der Waals surface area contributed by atoms with Crippen LogP contribution in [0.2, 0.25) is 0 Å². The molecule has 1 aromatic carbocycles. The van der Waals surface area contributed by atoms with Gasteiger partial charge in [0.15, 0.2) is 0 Å². The van der Waals surface area contributed by atoms with Crippen LogP contribution in [0.4, 0.5) is 4.39 Å². The number of methoxy groups -OCH3 is 1. The monoisotopic (exact) mass is 257 g/mol. The van der Waals surface area contributed by atoms with Crippen molar-refractivity contribution >= 4 is 5.97 Å². The number of benzene rings is 1. The normalized spacial score (nSPS) is 14.1. The summed E-state index contributed by atoms with van der Waals surface area (Å²) in [5.74, 6) is -1.56. The summed E-state index contributed by atoms with van der Waals surface area (Å²) < 4.78 is 17.8. The lowest BCUT2D eigenvalue weighted by Crippen LogP contribution is -2.29. The summed E-state index contributed by atoms with van der Waals surface area (Å²) in [5.41, 5.74) is -0.0229. The third kappa shape index (κ3) is 3.25. The fourth-order valence-corrected chi connectivity index (χ4v) is 1.54. The number of esters is 1. The van der Waals surface area contributed by atoms with Crippen LogP contribution in [-0.2, 0) is 4.74 Å². The number of rotatable bonds is 5. The fraction of sp³-hybridized carbons (Fsp3) is 0.417. The van der Waals surface area contributed by atoms with E-state index in [9.17, 15) is 19.4 Å². The highest BCUT2D eigenvalue weighted by Crippen LogP contribution is 2.20. The van der Waals surface area contributed by atoms with Gasteiger partial charge in [-0.15, -0.1) is 0 Å².